The number of fused-ring (bicyclic) bond motifs is 12. The Hall–Kier alpha value is -6.48. The van der Waals surface area contributed by atoms with Gasteiger partial charge in [0, 0.05) is 42.5 Å². The van der Waals surface area contributed by atoms with Crippen molar-refractivity contribution >= 4 is 70.1 Å². The van der Waals surface area contributed by atoms with Crippen LogP contribution in [-0.2, 0) is 5.41 Å². The lowest BCUT2D eigenvalue weighted by molar-refractivity contribution is 0.667. The number of nitrogens with zero attached hydrogens (tertiary/aromatic N) is 1. The van der Waals surface area contributed by atoms with Crippen molar-refractivity contribution in [1.29, 1.82) is 0 Å². The second kappa shape index (κ2) is 12.3. The zero-order valence-electron chi connectivity index (χ0n) is 30.8. The number of hydrogen-bond acceptors (Lipinski definition) is 2. The van der Waals surface area contributed by atoms with Crippen LogP contribution in [-0.4, -0.2) is 0 Å². The molecule has 0 saturated heterocycles. The molecule has 0 spiro atoms. The molecule has 55 heavy (non-hydrogen) atoms. The monoisotopic (exact) mass is 719 g/mol. The molecule has 10 aromatic rings. The minimum atomic E-state index is -0.243. The van der Waals surface area contributed by atoms with Crippen LogP contribution in [0.3, 0.4) is 0 Å². The molecular weight excluding hydrogens is 683 g/mol. The van der Waals surface area contributed by atoms with Crippen LogP contribution < -0.4 is 4.90 Å². The van der Waals surface area contributed by atoms with Crippen molar-refractivity contribution < 1.29 is 0 Å². The molecule has 1 aliphatic rings. The van der Waals surface area contributed by atoms with Gasteiger partial charge in [0.05, 0.1) is 5.69 Å². The highest BCUT2D eigenvalue weighted by atomic mass is 32.1. The SMILES string of the molecule is CC1(C)c2cc(N(c3ccc(-c4ccccc4)cc3)c3ccc(-c4ccccc4)cc3)c3c(sc4ccccc43)c2-c2c1c1ccccc1c1ccccc21. The van der Waals surface area contributed by atoms with Crippen LogP contribution in [0.1, 0.15) is 25.0 Å². The number of hydrogen-bond donors (Lipinski definition) is 0. The van der Waals surface area contributed by atoms with Crippen LogP contribution >= 0.6 is 11.3 Å². The third kappa shape index (κ3) is 4.85. The van der Waals surface area contributed by atoms with Gasteiger partial charge in [-0.15, -0.1) is 11.3 Å². The van der Waals surface area contributed by atoms with Crippen LogP contribution in [0.25, 0.3) is 75.1 Å². The Balaban J connectivity index is 1.22. The van der Waals surface area contributed by atoms with Gasteiger partial charge in [-0.2, -0.15) is 0 Å². The van der Waals surface area contributed by atoms with Gasteiger partial charge in [0.15, 0.2) is 0 Å². The average molecular weight is 720 g/mol. The topological polar surface area (TPSA) is 3.24 Å². The van der Waals surface area contributed by atoms with E-state index >= 15 is 0 Å². The maximum Gasteiger partial charge on any atom is 0.0558 e. The van der Waals surface area contributed by atoms with Crippen molar-refractivity contribution in [3.8, 4) is 33.4 Å². The molecule has 0 atom stereocenters. The summed E-state index contributed by atoms with van der Waals surface area (Å²) < 4.78 is 2.66. The molecule has 9 aromatic carbocycles. The summed E-state index contributed by atoms with van der Waals surface area (Å²) in [5.74, 6) is 0. The van der Waals surface area contributed by atoms with Crippen LogP contribution in [0.4, 0.5) is 17.1 Å². The Labute approximate surface area is 325 Å². The number of thiophene rings is 1. The second-order valence-electron chi connectivity index (χ2n) is 15.2. The molecule has 1 aliphatic carbocycles. The van der Waals surface area contributed by atoms with Gasteiger partial charge in [-0.3, -0.25) is 0 Å². The molecule has 0 radical (unpaired) electrons. The molecule has 0 fully saturated rings. The summed E-state index contributed by atoms with van der Waals surface area (Å²) in [5.41, 5.74) is 13.7. The standard InChI is InChI=1S/C53H37NS/c1-53(2)45-33-46(54(38-29-25-36(26-30-38)34-15-5-3-6-16-34)39-31-27-37(28-32-39)35-17-7-4-8-18-35)48-44-23-13-14-24-47(44)55-52(48)50(45)49-42-21-11-9-19-40(42)41-20-10-12-22-43(41)51(49)53/h3-33H,1-2H3. The molecular formula is C53H37NS. The number of benzene rings is 9. The highest BCUT2D eigenvalue weighted by molar-refractivity contribution is 7.26. The normalized spacial score (nSPS) is 13.1. The van der Waals surface area contributed by atoms with E-state index in [1.165, 1.54) is 91.9 Å². The van der Waals surface area contributed by atoms with Gasteiger partial charge in [-0.25, -0.2) is 0 Å². The van der Waals surface area contributed by atoms with Gasteiger partial charge in [-0.05, 0) is 96.9 Å². The molecule has 2 heteroatoms. The third-order valence-corrected chi connectivity index (χ3v) is 13.0. The molecule has 0 aliphatic heterocycles. The summed E-state index contributed by atoms with van der Waals surface area (Å²) in [6.07, 6.45) is 0. The lowest BCUT2D eigenvalue weighted by atomic mass is 9.79. The fraction of sp³-hybridized carbons (Fsp3) is 0.0566. The Morgan fingerprint density at radius 1 is 0.418 bits per heavy atom. The molecule has 0 saturated carbocycles. The van der Waals surface area contributed by atoms with E-state index in [-0.39, 0.29) is 5.41 Å². The Kier molecular flexibility index (Phi) is 7.14. The maximum absolute atomic E-state index is 2.54. The van der Waals surface area contributed by atoms with Crippen molar-refractivity contribution in [2.24, 2.45) is 0 Å². The molecule has 0 bridgehead atoms. The minimum absolute atomic E-state index is 0.243. The molecule has 0 N–H and O–H groups in total. The Bertz CT molecular complexity index is 3000. The van der Waals surface area contributed by atoms with Crippen LogP contribution in [0, 0.1) is 0 Å². The van der Waals surface area contributed by atoms with Gasteiger partial charge < -0.3 is 4.90 Å². The first-order valence-electron chi connectivity index (χ1n) is 19.1. The summed E-state index contributed by atoms with van der Waals surface area (Å²) in [6, 6.07) is 69.2. The average Bonchev–Trinajstić information content (AvgIpc) is 3.75. The number of anilines is 3. The lowest BCUT2D eigenvalue weighted by Crippen LogP contribution is -2.17. The first-order valence-corrected chi connectivity index (χ1v) is 19.9. The van der Waals surface area contributed by atoms with Gasteiger partial charge in [0.25, 0.3) is 0 Å². The lowest BCUT2D eigenvalue weighted by Gasteiger charge is -2.30. The zero-order valence-corrected chi connectivity index (χ0v) is 31.6. The molecule has 260 valence electrons. The van der Waals surface area contributed by atoms with Crippen LogP contribution in [0.5, 0.6) is 0 Å². The van der Waals surface area contributed by atoms with Gasteiger partial charge in [0.2, 0.25) is 0 Å². The quantitative estimate of drug-likeness (QED) is 0.160. The smallest absolute Gasteiger partial charge is 0.0558 e. The fourth-order valence-electron chi connectivity index (χ4n) is 9.28. The van der Waals surface area contributed by atoms with Crippen LogP contribution in [0.2, 0.25) is 0 Å². The van der Waals surface area contributed by atoms with E-state index in [0.717, 1.165) is 11.4 Å². The predicted molar refractivity (Wildman–Crippen MR) is 237 cm³/mol. The molecule has 11 rings (SSSR count). The number of rotatable bonds is 5. The van der Waals surface area contributed by atoms with E-state index in [9.17, 15) is 0 Å². The van der Waals surface area contributed by atoms with Crippen molar-refractivity contribution in [1.82, 2.24) is 0 Å². The summed E-state index contributed by atoms with van der Waals surface area (Å²) >= 11 is 1.94. The van der Waals surface area contributed by atoms with Gasteiger partial charge in [0.1, 0.15) is 0 Å². The van der Waals surface area contributed by atoms with E-state index in [2.05, 4.69) is 207 Å². The zero-order chi connectivity index (χ0) is 36.7. The second-order valence-corrected chi connectivity index (χ2v) is 16.3. The highest BCUT2D eigenvalue weighted by Gasteiger charge is 2.41. The van der Waals surface area contributed by atoms with Gasteiger partial charge >= 0.3 is 0 Å². The third-order valence-electron chi connectivity index (χ3n) is 11.8. The summed E-state index contributed by atoms with van der Waals surface area (Å²) in [4.78, 5) is 2.50. The summed E-state index contributed by atoms with van der Waals surface area (Å²) in [6.45, 7) is 4.88. The molecule has 0 amide bonds. The maximum atomic E-state index is 2.54. The van der Waals surface area contributed by atoms with E-state index in [1.54, 1.807) is 0 Å². The molecule has 1 heterocycles. The van der Waals surface area contributed by atoms with Crippen molar-refractivity contribution in [3.05, 3.63) is 199 Å². The summed E-state index contributed by atoms with van der Waals surface area (Å²) in [7, 11) is 0. The first kappa shape index (κ1) is 32.0. The van der Waals surface area contributed by atoms with Crippen LogP contribution in [0.15, 0.2) is 188 Å². The summed E-state index contributed by atoms with van der Waals surface area (Å²) in [5, 5.41) is 7.92. The molecule has 1 aromatic heterocycles. The first-order chi connectivity index (χ1) is 27.1. The largest absolute Gasteiger partial charge is 0.310 e. The van der Waals surface area contributed by atoms with E-state index in [4.69, 9.17) is 0 Å². The van der Waals surface area contributed by atoms with Gasteiger partial charge in [-0.1, -0.05) is 166 Å². The van der Waals surface area contributed by atoms with E-state index < -0.39 is 0 Å². The van der Waals surface area contributed by atoms with Crippen molar-refractivity contribution in [3.63, 3.8) is 0 Å². The minimum Gasteiger partial charge on any atom is -0.310 e. The molecule has 0 unspecified atom stereocenters. The fourth-order valence-corrected chi connectivity index (χ4v) is 10.6. The van der Waals surface area contributed by atoms with E-state index in [1.807, 2.05) is 11.3 Å². The molecule has 1 nitrogen and oxygen atoms in total. The van der Waals surface area contributed by atoms with E-state index in [0.29, 0.717) is 0 Å². The van der Waals surface area contributed by atoms with Crippen molar-refractivity contribution in [2.45, 2.75) is 19.3 Å². The van der Waals surface area contributed by atoms with Crippen molar-refractivity contribution in [2.75, 3.05) is 4.90 Å². The Morgan fingerprint density at radius 2 is 0.873 bits per heavy atom. The Morgan fingerprint density at radius 3 is 1.45 bits per heavy atom. The predicted octanol–water partition coefficient (Wildman–Crippen LogP) is 15.5. The highest BCUT2D eigenvalue weighted by Crippen LogP contribution is 2.60.